The van der Waals surface area contributed by atoms with Crippen molar-refractivity contribution in [2.45, 2.75) is 95.7 Å². The quantitative estimate of drug-likeness (QED) is 0.366. The Bertz CT molecular complexity index is 978. The van der Waals surface area contributed by atoms with E-state index in [2.05, 4.69) is 33.7 Å². The molecular formula is C25H37FN6O4. The number of para-hydroxylation sites is 1. The molecule has 6 atom stereocenters. The zero-order valence-electron chi connectivity index (χ0n) is 21.1. The standard InChI is InChI=1S/C25H37FN6O4/c1-4-16-8-5-6-11-32(16)21(33)13-19(29-25(35)20-12-14(2)36-31-20)24(34)27-15(3)23-28-18-10-7-9-17(26)22(18)30-23/h7,9-10,14-16,19-20,23,28,30-31H,4-6,8,11-13H2,1-3H3,(H,27,34)(H,29,35)/t14?,15-,16-,19-,20?,23?/m0/s1. The van der Waals surface area contributed by atoms with Crippen LogP contribution in [0.1, 0.15) is 59.3 Å². The first-order valence-corrected chi connectivity index (χ1v) is 12.9. The molecule has 2 saturated heterocycles. The zero-order valence-corrected chi connectivity index (χ0v) is 21.1. The fourth-order valence-corrected chi connectivity index (χ4v) is 5.12. The Morgan fingerprint density at radius 1 is 1.22 bits per heavy atom. The Morgan fingerprint density at radius 3 is 2.72 bits per heavy atom. The minimum Gasteiger partial charge on any atom is -0.362 e. The van der Waals surface area contributed by atoms with Crippen LogP contribution in [0.5, 0.6) is 0 Å². The number of hydrogen-bond donors (Lipinski definition) is 5. The topological polar surface area (TPSA) is 124 Å². The summed E-state index contributed by atoms with van der Waals surface area (Å²) in [5.74, 6) is -1.40. The Hall–Kier alpha value is -2.92. The fraction of sp³-hybridized carbons (Fsp3) is 0.640. The minimum absolute atomic E-state index is 0.130. The van der Waals surface area contributed by atoms with Crippen molar-refractivity contribution in [3.8, 4) is 0 Å². The van der Waals surface area contributed by atoms with Crippen molar-refractivity contribution in [2.75, 3.05) is 17.2 Å². The van der Waals surface area contributed by atoms with Crippen molar-refractivity contribution < 1.29 is 23.6 Å². The van der Waals surface area contributed by atoms with E-state index in [9.17, 15) is 18.8 Å². The smallest absolute Gasteiger partial charge is 0.243 e. The molecule has 3 heterocycles. The van der Waals surface area contributed by atoms with Crippen molar-refractivity contribution in [2.24, 2.45) is 0 Å². The molecule has 0 saturated carbocycles. The van der Waals surface area contributed by atoms with E-state index in [1.54, 1.807) is 19.1 Å². The zero-order chi connectivity index (χ0) is 25.8. The Labute approximate surface area is 211 Å². The summed E-state index contributed by atoms with van der Waals surface area (Å²) in [6.45, 7) is 6.34. The van der Waals surface area contributed by atoms with Crippen LogP contribution in [0, 0.1) is 5.82 Å². The number of hydroxylamine groups is 1. The van der Waals surface area contributed by atoms with Gasteiger partial charge in [-0.25, -0.2) is 4.39 Å². The number of carbonyl (C=O) groups is 3. The molecule has 3 unspecified atom stereocenters. The lowest BCUT2D eigenvalue weighted by atomic mass is 9.98. The highest BCUT2D eigenvalue weighted by molar-refractivity contribution is 5.93. The second-order valence-electron chi connectivity index (χ2n) is 9.97. The summed E-state index contributed by atoms with van der Waals surface area (Å²) in [6, 6.07) is 2.75. The maximum absolute atomic E-state index is 14.1. The van der Waals surface area contributed by atoms with E-state index in [0.717, 1.165) is 25.7 Å². The molecule has 5 N–H and O–H groups in total. The lowest BCUT2D eigenvalue weighted by Gasteiger charge is -2.36. The lowest BCUT2D eigenvalue weighted by Crippen LogP contribution is -2.57. The number of nitrogens with one attached hydrogen (secondary N) is 5. The number of benzene rings is 1. The van der Waals surface area contributed by atoms with Crippen LogP contribution >= 0.6 is 0 Å². The van der Waals surface area contributed by atoms with Gasteiger partial charge in [-0.2, -0.15) is 5.48 Å². The van der Waals surface area contributed by atoms with E-state index in [0.29, 0.717) is 24.3 Å². The molecular weight excluding hydrogens is 467 g/mol. The molecule has 3 aliphatic heterocycles. The molecule has 0 radical (unpaired) electrons. The normalized spacial score (nSPS) is 26.8. The van der Waals surface area contributed by atoms with Crippen molar-refractivity contribution in [1.82, 2.24) is 21.0 Å². The van der Waals surface area contributed by atoms with Crippen molar-refractivity contribution >= 4 is 29.1 Å². The average Bonchev–Trinajstić information content (AvgIpc) is 3.51. The predicted octanol–water partition coefficient (Wildman–Crippen LogP) is 1.84. The van der Waals surface area contributed by atoms with Gasteiger partial charge in [0.2, 0.25) is 17.7 Å². The molecule has 1 aromatic rings. The highest BCUT2D eigenvalue weighted by atomic mass is 19.1. The van der Waals surface area contributed by atoms with E-state index in [1.165, 1.54) is 6.07 Å². The first-order chi connectivity index (χ1) is 17.3. The third-order valence-corrected chi connectivity index (χ3v) is 7.22. The van der Waals surface area contributed by atoms with Gasteiger partial charge < -0.3 is 26.2 Å². The van der Waals surface area contributed by atoms with E-state index in [1.807, 2.05) is 11.8 Å². The first kappa shape index (κ1) is 26.2. The van der Waals surface area contributed by atoms with Gasteiger partial charge in [-0.05, 0) is 51.7 Å². The number of nitrogens with zero attached hydrogens (tertiary/aromatic N) is 1. The highest BCUT2D eigenvalue weighted by Gasteiger charge is 2.36. The summed E-state index contributed by atoms with van der Waals surface area (Å²) in [4.78, 5) is 46.6. The Balaban J connectivity index is 1.43. The van der Waals surface area contributed by atoms with Crippen LogP contribution in [-0.2, 0) is 19.2 Å². The molecule has 4 rings (SSSR count). The van der Waals surface area contributed by atoms with Crippen LogP contribution in [0.4, 0.5) is 15.8 Å². The summed E-state index contributed by atoms with van der Waals surface area (Å²) in [7, 11) is 0. The number of likely N-dealkylation sites (tertiary alicyclic amines) is 1. The number of amides is 3. The van der Waals surface area contributed by atoms with Crippen LogP contribution in [0.2, 0.25) is 0 Å². The van der Waals surface area contributed by atoms with E-state index < -0.39 is 36.1 Å². The number of fused-ring (bicyclic) bond motifs is 1. The lowest BCUT2D eigenvalue weighted by molar-refractivity contribution is -0.139. The molecule has 0 aromatic heterocycles. The molecule has 3 aliphatic rings. The van der Waals surface area contributed by atoms with Gasteiger partial charge in [-0.15, -0.1) is 0 Å². The number of carbonyl (C=O) groups excluding carboxylic acids is 3. The summed E-state index contributed by atoms with van der Waals surface area (Å²) < 4.78 is 14.1. The van der Waals surface area contributed by atoms with Gasteiger partial charge in [-0.1, -0.05) is 13.0 Å². The summed E-state index contributed by atoms with van der Waals surface area (Å²) in [5.41, 5.74) is 3.65. The predicted molar refractivity (Wildman–Crippen MR) is 133 cm³/mol. The molecule has 11 heteroatoms. The van der Waals surface area contributed by atoms with Crippen LogP contribution < -0.4 is 26.7 Å². The molecule has 2 fully saturated rings. The number of piperidine rings is 1. The second kappa shape index (κ2) is 11.4. The van der Waals surface area contributed by atoms with Crippen LogP contribution in [-0.4, -0.2) is 65.6 Å². The molecule has 0 spiro atoms. The number of rotatable bonds is 8. The van der Waals surface area contributed by atoms with Crippen LogP contribution in [0.3, 0.4) is 0 Å². The van der Waals surface area contributed by atoms with Crippen LogP contribution in [0.15, 0.2) is 18.2 Å². The summed E-state index contributed by atoms with van der Waals surface area (Å²) in [6.07, 6.45) is 3.55. The van der Waals surface area contributed by atoms with Crippen LogP contribution in [0.25, 0.3) is 0 Å². The molecule has 10 nitrogen and oxygen atoms in total. The van der Waals surface area contributed by atoms with Gasteiger partial charge in [-0.3, -0.25) is 19.2 Å². The average molecular weight is 505 g/mol. The highest BCUT2D eigenvalue weighted by Crippen LogP contribution is 2.32. The number of halogens is 1. The van der Waals surface area contributed by atoms with Gasteiger partial charge in [0.15, 0.2) is 0 Å². The monoisotopic (exact) mass is 504 g/mol. The second-order valence-corrected chi connectivity index (χ2v) is 9.97. The SMILES string of the molecule is CC[C@H]1CCCCN1C(=O)C[C@H](NC(=O)C1CC(C)ON1)C(=O)N[C@@H](C)C1Nc2cccc(F)c2N1. The first-order valence-electron chi connectivity index (χ1n) is 12.9. The maximum Gasteiger partial charge on any atom is 0.243 e. The third kappa shape index (κ3) is 5.89. The molecule has 36 heavy (non-hydrogen) atoms. The fourth-order valence-electron chi connectivity index (χ4n) is 5.12. The van der Waals surface area contributed by atoms with Crippen molar-refractivity contribution in [3.05, 3.63) is 24.0 Å². The summed E-state index contributed by atoms with van der Waals surface area (Å²) >= 11 is 0. The number of anilines is 2. The molecule has 1 aromatic carbocycles. The van der Waals surface area contributed by atoms with Gasteiger partial charge >= 0.3 is 0 Å². The Kier molecular flexibility index (Phi) is 8.30. The minimum atomic E-state index is -1.05. The number of hydrogen-bond acceptors (Lipinski definition) is 7. The summed E-state index contributed by atoms with van der Waals surface area (Å²) in [5, 5.41) is 11.9. The molecule has 198 valence electrons. The Morgan fingerprint density at radius 2 is 2.03 bits per heavy atom. The largest absolute Gasteiger partial charge is 0.362 e. The van der Waals surface area contributed by atoms with E-state index in [-0.39, 0.29) is 30.3 Å². The van der Waals surface area contributed by atoms with Gasteiger partial charge in [0.25, 0.3) is 0 Å². The van der Waals surface area contributed by atoms with Crippen molar-refractivity contribution in [3.63, 3.8) is 0 Å². The third-order valence-electron chi connectivity index (χ3n) is 7.22. The maximum atomic E-state index is 14.1. The van der Waals surface area contributed by atoms with Crippen molar-refractivity contribution in [1.29, 1.82) is 0 Å². The van der Waals surface area contributed by atoms with E-state index in [4.69, 9.17) is 4.84 Å². The molecule has 3 amide bonds. The molecule has 0 bridgehead atoms. The van der Waals surface area contributed by atoms with Gasteiger partial charge in [0.05, 0.1) is 29.9 Å². The van der Waals surface area contributed by atoms with Gasteiger partial charge in [0, 0.05) is 19.0 Å². The van der Waals surface area contributed by atoms with E-state index >= 15 is 0 Å². The van der Waals surface area contributed by atoms with Gasteiger partial charge in [0.1, 0.15) is 24.1 Å². The molecule has 0 aliphatic carbocycles.